The highest BCUT2D eigenvalue weighted by Gasteiger charge is 2.06. The zero-order valence-corrected chi connectivity index (χ0v) is 10.9. The number of nitrogens with zero attached hydrogens (tertiary/aromatic N) is 1. The van der Waals surface area contributed by atoms with E-state index in [1.165, 1.54) is 0 Å². The van der Waals surface area contributed by atoms with Gasteiger partial charge in [0.1, 0.15) is 11.6 Å². The van der Waals surface area contributed by atoms with Gasteiger partial charge in [-0.25, -0.2) is 4.98 Å². The molecule has 0 aliphatic rings. The molecule has 0 fully saturated rings. The van der Waals surface area contributed by atoms with Crippen LogP contribution in [0.5, 0.6) is 0 Å². The summed E-state index contributed by atoms with van der Waals surface area (Å²) in [5, 5.41) is 16.0. The van der Waals surface area contributed by atoms with Gasteiger partial charge < -0.3 is 15.7 Å². The number of hydrogen-bond acceptors (Lipinski definition) is 4. The third-order valence-electron chi connectivity index (χ3n) is 2.37. The topological polar surface area (TPSA) is 57.2 Å². The van der Waals surface area contributed by atoms with Crippen molar-refractivity contribution in [3.05, 3.63) is 18.2 Å². The second-order valence-electron chi connectivity index (χ2n) is 4.60. The summed E-state index contributed by atoms with van der Waals surface area (Å²) in [6, 6.07) is 5.78. The zero-order chi connectivity index (χ0) is 12.7. The van der Waals surface area contributed by atoms with Gasteiger partial charge in [0.2, 0.25) is 0 Å². The second kappa shape index (κ2) is 7.12. The molecule has 0 saturated heterocycles. The summed E-state index contributed by atoms with van der Waals surface area (Å²) in [7, 11) is 0. The molecule has 0 saturated carbocycles. The Balaban J connectivity index is 2.43. The minimum Gasteiger partial charge on any atom is -0.391 e. The van der Waals surface area contributed by atoms with Gasteiger partial charge in [-0.2, -0.15) is 0 Å². The highest BCUT2D eigenvalue weighted by Crippen LogP contribution is 2.10. The van der Waals surface area contributed by atoms with Crippen LogP contribution in [-0.2, 0) is 0 Å². The van der Waals surface area contributed by atoms with Crippen LogP contribution >= 0.6 is 0 Å². The van der Waals surface area contributed by atoms with Crippen molar-refractivity contribution in [1.82, 2.24) is 4.98 Å². The SMILES string of the molecule is CCNc1cccc(NCC(O)CC(C)C)n1. The molecule has 0 radical (unpaired) electrons. The molecule has 0 aliphatic heterocycles. The molecule has 1 unspecified atom stereocenters. The van der Waals surface area contributed by atoms with E-state index in [0.717, 1.165) is 24.6 Å². The lowest BCUT2D eigenvalue weighted by atomic mass is 10.1. The fourth-order valence-electron chi connectivity index (χ4n) is 1.66. The van der Waals surface area contributed by atoms with Crippen LogP contribution in [-0.4, -0.2) is 29.3 Å². The summed E-state index contributed by atoms with van der Waals surface area (Å²) in [6.07, 6.45) is 0.486. The van der Waals surface area contributed by atoms with Crippen LogP contribution in [0.3, 0.4) is 0 Å². The molecule has 0 aromatic carbocycles. The third-order valence-corrected chi connectivity index (χ3v) is 2.37. The molecule has 1 aromatic heterocycles. The lowest BCUT2D eigenvalue weighted by Crippen LogP contribution is -2.21. The molecule has 4 heteroatoms. The van der Waals surface area contributed by atoms with Crippen molar-refractivity contribution < 1.29 is 5.11 Å². The van der Waals surface area contributed by atoms with Crippen molar-refractivity contribution >= 4 is 11.6 Å². The minimum absolute atomic E-state index is 0.320. The molecule has 3 N–H and O–H groups in total. The standard InChI is InChI=1S/C13H23N3O/c1-4-14-12-6-5-7-13(16-12)15-9-11(17)8-10(2)3/h5-7,10-11,17H,4,8-9H2,1-3H3,(H2,14,15,16). The highest BCUT2D eigenvalue weighted by molar-refractivity contribution is 5.44. The minimum atomic E-state index is -0.320. The molecular formula is C13H23N3O. The third kappa shape index (κ3) is 5.54. The molecule has 0 bridgehead atoms. The summed E-state index contributed by atoms with van der Waals surface area (Å²) in [6.45, 7) is 7.64. The first-order valence-corrected chi connectivity index (χ1v) is 6.24. The summed E-state index contributed by atoms with van der Waals surface area (Å²) in [5.74, 6) is 2.16. The average Bonchev–Trinajstić information content (AvgIpc) is 2.26. The van der Waals surface area contributed by atoms with Gasteiger partial charge in [-0.3, -0.25) is 0 Å². The van der Waals surface area contributed by atoms with E-state index in [0.29, 0.717) is 12.5 Å². The van der Waals surface area contributed by atoms with Crippen LogP contribution in [0.4, 0.5) is 11.6 Å². The van der Waals surface area contributed by atoms with Gasteiger partial charge in [-0.15, -0.1) is 0 Å². The first-order chi connectivity index (χ1) is 8.11. The Hall–Kier alpha value is -1.29. The average molecular weight is 237 g/mol. The highest BCUT2D eigenvalue weighted by atomic mass is 16.3. The molecule has 0 aliphatic carbocycles. The molecular weight excluding hydrogens is 214 g/mol. The lowest BCUT2D eigenvalue weighted by Gasteiger charge is -2.14. The van der Waals surface area contributed by atoms with Gasteiger partial charge >= 0.3 is 0 Å². The normalized spacial score (nSPS) is 12.5. The zero-order valence-electron chi connectivity index (χ0n) is 10.9. The van der Waals surface area contributed by atoms with E-state index in [-0.39, 0.29) is 6.10 Å². The van der Waals surface area contributed by atoms with Crippen LogP contribution in [0.1, 0.15) is 27.2 Å². The maximum atomic E-state index is 9.75. The summed E-state index contributed by atoms with van der Waals surface area (Å²) < 4.78 is 0. The van der Waals surface area contributed by atoms with Crippen molar-refractivity contribution in [2.75, 3.05) is 23.7 Å². The van der Waals surface area contributed by atoms with Gasteiger partial charge in [0.05, 0.1) is 6.10 Å². The van der Waals surface area contributed by atoms with Gasteiger partial charge in [0.25, 0.3) is 0 Å². The maximum absolute atomic E-state index is 9.75. The predicted molar refractivity (Wildman–Crippen MR) is 72.4 cm³/mol. The Labute approximate surface area is 103 Å². The molecule has 96 valence electrons. The van der Waals surface area contributed by atoms with Crippen molar-refractivity contribution in [2.24, 2.45) is 5.92 Å². The monoisotopic (exact) mass is 237 g/mol. The summed E-state index contributed by atoms with van der Waals surface area (Å²) in [5.41, 5.74) is 0. The molecule has 1 heterocycles. The Morgan fingerprint density at radius 1 is 1.24 bits per heavy atom. The van der Waals surface area contributed by atoms with Gasteiger partial charge in [0.15, 0.2) is 0 Å². The Morgan fingerprint density at radius 3 is 2.47 bits per heavy atom. The first kappa shape index (κ1) is 13.8. The fourth-order valence-corrected chi connectivity index (χ4v) is 1.66. The number of aliphatic hydroxyl groups excluding tert-OH is 1. The van der Waals surface area contributed by atoms with Crippen LogP contribution in [0.15, 0.2) is 18.2 Å². The number of pyridine rings is 1. The van der Waals surface area contributed by atoms with Crippen LogP contribution in [0.2, 0.25) is 0 Å². The maximum Gasteiger partial charge on any atom is 0.128 e. The molecule has 4 nitrogen and oxygen atoms in total. The van der Waals surface area contributed by atoms with Crippen molar-refractivity contribution in [1.29, 1.82) is 0 Å². The Bertz CT molecular complexity index is 328. The number of rotatable bonds is 7. The molecule has 1 atom stereocenters. The van der Waals surface area contributed by atoms with E-state index in [4.69, 9.17) is 0 Å². The van der Waals surface area contributed by atoms with E-state index >= 15 is 0 Å². The van der Waals surface area contributed by atoms with Crippen LogP contribution < -0.4 is 10.6 Å². The molecule has 1 aromatic rings. The first-order valence-electron chi connectivity index (χ1n) is 6.24. The van der Waals surface area contributed by atoms with E-state index < -0.39 is 0 Å². The van der Waals surface area contributed by atoms with Crippen molar-refractivity contribution in [3.63, 3.8) is 0 Å². The lowest BCUT2D eigenvalue weighted by molar-refractivity contribution is 0.161. The second-order valence-corrected chi connectivity index (χ2v) is 4.60. The number of hydrogen-bond donors (Lipinski definition) is 3. The van der Waals surface area contributed by atoms with Gasteiger partial charge in [0, 0.05) is 13.1 Å². The predicted octanol–water partition coefficient (Wildman–Crippen LogP) is 2.33. The molecule has 0 spiro atoms. The number of nitrogens with one attached hydrogen (secondary N) is 2. The van der Waals surface area contributed by atoms with Crippen molar-refractivity contribution in [3.8, 4) is 0 Å². The quantitative estimate of drug-likeness (QED) is 0.681. The van der Waals surface area contributed by atoms with E-state index in [1.807, 2.05) is 25.1 Å². The van der Waals surface area contributed by atoms with E-state index in [1.54, 1.807) is 0 Å². The molecule has 17 heavy (non-hydrogen) atoms. The molecule has 1 rings (SSSR count). The van der Waals surface area contributed by atoms with Gasteiger partial charge in [-0.1, -0.05) is 19.9 Å². The Morgan fingerprint density at radius 2 is 1.88 bits per heavy atom. The molecule has 0 amide bonds. The van der Waals surface area contributed by atoms with Crippen LogP contribution in [0.25, 0.3) is 0 Å². The summed E-state index contributed by atoms with van der Waals surface area (Å²) in [4.78, 5) is 4.38. The van der Waals surface area contributed by atoms with E-state index in [9.17, 15) is 5.11 Å². The number of anilines is 2. The van der Waals surface area contributed by atoms with Gasteiger partial charge in [-0.05, 0) is 31.4 Å². The van der Waals surface area contributed by atoms with Crippen molar-refractivity contribution in [2.45, 2.75) is 33.3 Å². The smallest absolute Gasteiger partial charge is 0.128 e. The number of aromatic nitrogens is 1. The summed E-state index contributed by atoms with van der Waals surface area (Å²) >= 11 is 0. The van der Waals surface area contributed by atoms with Crippen LogP contribution in [0, 0.1) is 5.92 Å². The fraction of sp³-hybridized carbons (Fsp3) is 0.615. The van der Waals surface area contributed by atoms with E-state index in [2.05, 4.69) is 29.5 Å². The Kier molecular flexibility index (Phi) is 5.77. The largest absolute Gasteiger partial charge is 0.391 e. The number of aliphatic hydroxyl groups is 1.